The van der Waals surface area contributed by atoms with E-state index in [4.69, 9.17) is 14.2 Å². The number of rotatable bonds is 59. The van der Waals surface area contributed by atoms with Gasteiger partial charge in [0.25, 0.3) is 0 Å². The number of unbranched alkanes of at least 4 members (excludes halogenated alkanes) is 36. The maximum absolute atomic E-state index is 12.8. The van der Waals surface area contributed by atoms with Gasteiger partial charge in [0.05, 0.1) is 0 Å². The summed E-state index contributed by atoms with van der Waals surface area (Å²) in [6.07, 6.45) is 82.2. The Balaban J connectivity index is 4.02. The fourth-order valence-corrected chi connectivity index (χ4v) is 9.39. The fourth-order valence-electron chi connectivity index (χ4n) is 9.39. The molecule has 0 rings (SSSR count). The molecule has 0 heterocycles. The summed E-state index contributed by atoms with van der Waals surface area (Å²) in [5.41, 5.74) is 0. The molecule has 0 spiro atoms. The summed E-state index contributed by atoms with van der Waals surface area (Å²) >= 11 is 0. The van der Waals surface area contributed by atoms with Gasteiger partial charge in [-0.3, -0.25) is 14.4 Å². The molecular formula is C69H122O6. The van der Waals surface area contributed by atoms with Crippen LogP contribution in [0, 0.1) is 0 Å². The molecule has 0 aromatic heterocycles. The third-order valence-electron chi connectivity index (χ3n) is 14.2. The Morgan fingerprint density at radius 2 is 0.520 bits per heavy atom. The van der Waals surface area contributed by atoms with Gasteiger partial charge in [-0.25, -0.2) is 0 Å². The summed E-state index contributed by atoms with van der Waals surface area (Å²) in [5, 5.41) is 0. The maximum Gasteiger partial charge on any atom is 0.306 e. The molecule has 0 bridgehead atoms. The van der Waals surface area contributed by atoms with Crippen LogP contribution >= 0.6 is 0 Å². The topological polar surface area (TPSA) is 78.9 Å². The van der Waals surface area contributed by atoms with Crippen molar-refractivity contribution in [1.29, 1.82) is 0 Å². The molecule has 0 saturated carbocycles. The van der Waals surface area contributed by atoms with Gasteiger partial charge in [0.1, 0.15) is 13.2 Å². The van der Waals surface area contributed by atoms with E-state index in [1.165, 1.54) is 193 Å². The number of ether oxygens (including phenoxy) is 3. The Bertz CT molecular complexity index is 1390. The van der Waals surface area contributed by atoms with Crippen molar-refractivity contribution >= 4 is 17.9 Å². The Hall–Kier alpha value is -3.15. The second-order valence-corrected chi connectivity index (χ2v) is 21.7. The monoisotopic (exact) mass is 1050 g/mol. The van der Waals surface area contributed by atoms with Gasteiger partial charge in [0.2, 0.25) is 0 Å². The molecule has 0 aliphatic rings. The zero-order chi connectivity index (χ0) is 54.3. The second kappa shape index (κ2) is 63.4. The van der Waals surface area contributed by atoms with Crippen molar-refractivity contribution in [3.63, 3.8) is 0 Å². The largest absolute Gasteiger partial charge is 0.462 e. The van der Waals surface area contributed by atoms with E-state index in [0.717, 1.165) is 96.3 Å². The molecule has 0 N–H and O–H groups in total. The SMILES string of the molecule is CC/C=C\C/C=C\C/C=C\C/C=C\C/C=C\C/C=C\CCCCCCCCCCCCCCCCCCC(=O)OCC(COC(=O)CCCCCCCCCCCCC)OC(=O)CCCCCCCCCCCCC. The Labute approximate surface area is 465 Å². The molecule has 0 amide bonds. The predicted molar refractivity (Wildman–Crippen MR) is 325 cm³/mol. The van der Waals surface area contributed by atoms with Crippen LogP contribution in [0.1, 0.15) is 329 Å². The van der Waals surface area contributed by atoms with E-state index in [0.29, 0.717) is 19.3 Å². The fraction of sp³-hybridized carbons (Fsp3) is 0.783. The molecule has 0 aromatic carbocycles. The molecule has 434 valence electrons. The van der Waals surface area contributed by atoms with Gasteiger partial charge in [-0.05, 0) is 70.6 Å². The first-order valence-corrected chi connectivity index (χ1v) is 32.4. The predicted octanol–water partition coefficient (Wildman–Crippen LogP) is 22.1. The van der Waals surface area contributed by atoms with Gasteiger partial charge in [0.15, 0.2) is 6.10 Å². The number of carbonyl (C=O) groups excluding carboxylic acids is 3. The Kier molecular flexibility index (Phi) is 60.7. The minimum absolute atomic E-state index is 0.0680. The van der Waals surface area contributed by atoms with Crippen LogP contribution in [0.5, 0.6) is 0 Å². The number of allylic oxidation sites excluding steroid dienone is 12. The minimum atomic E-state index is -0.768. The highest BCUT2D eigenvalue weighted by Gasteiger charge is 2.19. The maximum atomic E-state index is 12.8. The minimum Gasteiger partial charge on any atom is -0.462 e. The van der Waals surface area contributed by atoms with Crippen LogP contribution in [0.25, 0.3) is 0 Å². The first-order chi connectivity index (χ1) is 37.0. The van der Waals surface area contributed by atoms with E-state index in [1.54, 1.807) is 0 Å². The molecule has 0 radical (unpaired) electrons. The molecular weight excluding hydrogens is 925 g/mol. The van der Waals surface area contributed by atoms with Gasteiger partial charge >= 0.3 is 17.9 Å². The molecule has 1 atom stereocenters. The van der Waals surface area contributed by atoms with Crippen LogP contribution in [-0.4, -0.2) is 37.2 Å². The summed E-state index contributed by atoms with van der Waals surface area (Å²) in [5.74, 6) is -0.853. The summed E-state index contributed by atoms with van der Waals surface area (Å²) in [7, 11) is 0. The summed E-state index contributed by atoms with van der Waals surface area (Å²) in [6.45, 7) is 6.54. The van der Waals surface area contributed by atoms with E-state index in [9.17, 15) is 14.4 Å². The Morgan fingerprint density at radius 3 is 0.813 bits per heavy atom. The van der Waals surface area contributed by atoms with E-state index < -0.39 is 6.10 Å². The highest BCUT2D eigenvalue weighted by molar-refractivity contribution is 5.71. The van der Waals surface area contributed by atoms with Gasteiger partial charge < -0.3 is 14.2 Å². The zero-order valence-corrected chi connectivity index (χ0v) is 49.8. The lowest BCUT2D eigenvalue weighted by molar-refractivity contribution is -0.167. The van der Waals surface area contributed by atoms with Gasteiger partial charge in [0, 0.05) is 19.3 Å². The van der Waals surface area contributed by atoms with Gasteiger partial charge in [-0.2, -0.15) is 0 Å². The molecule has 6 nitrogen and oxygen atoms in total. The van der Waals surface area contributed by atoms with Crippen molar-refractivity contribution in [2.45, 2.75) is 335 Å². The first kappa shape index (κ1) is 71.8. The summed E-state index contributed by atoms with van der Waals surface area (Å²) in [6, 6.07) is 0. The highest BCUT2D eigenvalue weighted by atomic mass is 16.6. The molecule has 0 saturated heterocycles. The lowest BCUT2D eigenvalue weighted by atomic mass is 10.0. The molecule has 0 aliphatic heterocycles. The lowest BCUT2D eigenvalue weighted by Gasteiger charge is -2.18. The van der Waals surface area contributed by atoms with E-state index in [-0.39, 0.29) is 31.1 Å². The van der Waals surface area contributed by atoms with Gasteiger partial charge in [-0.15, -0.1) is 0 Å². The molecule has 0 aliphatic carbocycles. The van der Waals surface area contributed by atoms with Crippen LogP contribution in [0.4, 0.5) is 0 Å². The smallest absolute Gasteiger partial charge is 0.306 e. The number of hydrogen-bond donors (Lipinski definition) is 0. The molecule has 1 unspecified atom stereocenters. The number of hydrogen-bond acceptors (Lipinski definition) is 6. The summed E-state index contributed by atoms with van der Waals surface area (Å²) < 4.78 is 16.9. The van der Waals surface area contributed by atoms with E-state index in [2.05, 4.69) is 93.7 Å². The first-order valence-electron chi connectivity index (χ1n) is 32.4. The van der Waals surface area contributed by atoms with Crippen molar-refractivity contribution in [3.8, 4) is 0 Å². The highest BCUT2D eigenvalue weighted by Crippen LogP contribution is 2.17. The third-order valence-corrected chi connectivity index (χ3v) is 14.2. The van der Waals surface area contributed by atoms with E-state index >= 15 is 0 Å². The van der Waals surface area contributed by atoms with Crippen LogP contribution < -0.4 is 0 Å². The third kappa shape index (κ3) is 61.6. The molecule has 0 aromatic rings. The molecule has 6 heteroatoms. The average molecular weight is 1050 g/mol. The van der Waals surface area contributed by atoms with Crippen LogP contribution in [-0.2, 0) is 28.6 Å². The standard InChI is InChI=1S/C69H122O6/c1-4-7-10-13-16-19-22-23-24-25-26-27-28-29-30-31-32-33-34-35-36-37-38-39-40-41-42-43-44-45-48-50-53-56-59-62-68(71)74-65-66(75-69(72)63-60-57-54-51-47-21-18-15-12-9-6-3)64-73-67(70)61-58-55-52-49-46-20-17-14-11-8-5-2/h7,10,16,19,23-24,26-27,29-30,32-33,66H,4-6,8-9,11-15,17-18,20-22,25,28,31,34-65H2,1-3H3/b10-7-,19-16-,24-23-,27-26-,30-29-,33-32-. The van der Waals surface area contributed by atoms with Crippen molar-refractivity contribution in [1.82, 2.24) is 0 Å². The number of esters is 3. The van der Waals surface area contributed by atoms with E-state index in [1.807, 2.05) is 0 Å². The molecule has 75 heavy (non-hydrogen) atoms. The molecule has 0 fully saturated rings. The van der Waals surface area contributed by atoms with Crippen LogP contribution in [0.3, 0.4) is 0 Å². The van der Waals surface area contributed by atoms with Crippen LogP contribution in [0.2, 0.25) is 0 Å². The summed E-state index contributed by atoms with van der Waals surface area (Å²) in [4.78, 5) is 38.1. The normalized spacial score (nSPS) is 12.5. The van der Waals surface area contributed by atoms with Gasteiger partial charge in [-0.1, -0.05) is 312 Å². The second-order valence-electron chi connectivity index (χ2n) is 21.7. The Morgan fingerprint density at radius 1 is 0.280 bits per heavy atom. The van der Waals surface area contributed by atoms with Crippen molar-refractivity contribution in [2.75, 3.05) is 13.2 Å². The van der Waals surface area contributed by atoms with Crippen molar-refractivity contribution in [2.24, 2.45) is 0 Å². The zero-order valence-electron chi connectivity index (χ0n) is 49.8. The van der Waals surface area contributed by atoms with Crippen molar-refractivity contribution in [3.05, 3.63) is 72.9 Å². The van der Waals surface area contributed by atoms with Crippen LogP contribution in [0.15, 0.2) is 72.9 Å². The lowest BCUT2D eigenvalue weighted by Crippen LogP contribution is -2.30. The quantitative estimate of drug-likeness (QED) is 0.0261. The van der Waals surface area contributed by atoms with Crippen molar-refractivity contribution < 1.29 is 28.6 Å². The number of carbonyl (C=O) groups is 3. The average Bonchev–Trinajstić information content (AvgIpc) is 3.41.